The molecule has 0 aromatic heterocycles. The van der Waals surface area contributed by atoms with Crippen LogP contribution in [0.4, 0.5) is 5.69 Å². The first-order chi connectivity index (χ1) is 9.72. The van der Waals surface area contributed by atoms with Gasteiger partial charge in [-0.25, -0.2) is 0 Å². The van der Waals surface area contributed by atoms with Gasteiger partial charge in [0.2, 0.25) is 0 Å². The highest BCUT2D eigenvalue weighted by Crippen LogP contribution is 2.30. The summed E-state index contributed by atoms with van der Waals surface area (Å²) in [6.07, 6.45) is 2.08. The van der Waals surface area contributed by atoms with Crippen LogP contribution in [-0.4, -0.2) is 5.84 Å². The van der Waals surface area contributed by atoms with Gasteiger partial charge in [-0.1, -0.05) is 36.4 Å². The Morgan fingerprint density at radius 3 is 2.70 bits per heavy atom. The Labute approximate surface area is 128 Å². The molecule has 0 saturated heterocycles. The number of nitrogens with one attached hydrogen (secondary N) is 1. The van der Waals surface area contributed by atoms with Gasteiger partial charge in [-0.2, -0.15) is 0 Å². The Morgan fingerprint density at radius 1 is 1.15 bits per heavy atom. The Morgan fingerprint density at radius 2 is 1.95 bits per heavy atom. The smallest absolute Gasteiger partial charge is 0.102 e. The zero-order valence-electron chi connectivity index (χ0n) is 11.4. The number of halogens is 1. The molecule has 3 heteroatoms. The molecule has 0 amide bonds. The van der Waals surface area contributed by atoms with E-state index in [-0.39, 0.29) is 0 Å². The quantitative estimate of drug-likeness (QED) is 0.814. The molecule has 0 spiro atoms. The molecule has 2 aromatic rings. The summed E-state index contributed by atoms with van der Waals surface area (Å²) in [7, 11) is 0. The molecule has 0 bridgehead atoms. The predicted molar refractivity (Wildman–Crippen MR) is 88.4 cm³/mol. The SMILES string of the molecule is Cc1ccc(NC2=N[C@@H](c3ccccc3)CC2)c(Br)c1. The number of aryl methyl sites for hydroxylation is 1. The largest absolute Gasteiger partial charge is 0.343 e. The van der Waals surface area contributed by atoms with E-state index in [0.29, 0.717) is 6.04 Å². The normalized spacial score (nSPS) is 17.9. The summed E-state index contributed by atoms with van der Waals surface area (Å²) in [5.41, 5.74) is 3.63. The zero-order valence-corrected chi connectivity index (χ0v) is 13.0. The Bertz CT molecular complexity index is 635. The number of anilines is 1. The highest BCUT2D eigenvalue weighted by molar-refractivity contribution is 9.10. The van der Waals surface area contributed by atoms with Crippen LogP contribution in [0, 0.1) is 6.92 Å². The molecule has 0 saturated carbocycles. The number of amidine groups is 1. The van der Waals surface area contributed by atoms with Crippen LogP contribution in [0.1, 0.15) is 30.0 Å². The van der Waals surface area contributed by atoms with Crippen molar-refractivity contribution in [1.29, 1.82) is 0 Å². The third kappa shape index (κ3) is 2.93. The van der Waals surface area contributed by atoms with Crippen molar-refractivity contribution in [3.63, 3.8) is 0 Å². The van der Waals surface area contributed by atoms with Crippen molar-refractivity contribution < 1.29 is 0 Å². The van der Waals surface area contributed by atoms with Gasteiger partial charge >= 0.3 is 0 Å². The van der Waals surface area contributed by atoms with Crippen molar-refractivity contribution in [2.75, 3.05) is 5.32 Å². The van der Waals surface area contributed by atoms with Crippen LogP contribution in [0.2, 0.25) is 0 Å². The summed E-state index contributed by atoms with van der Waals surface area (Å²) >= 11 is 3.60. The Hall–Kier alpha value is -1.61. The molecule has 2 nitrogen and oxygen atoms in total. The van der Waals surface area contributed by atoms with E-state index in [1.807, 2.05) is 6.07 Å². The minimum atomic E-state index is 0.294. The van der Waals surface area contributed by atoms with Crippen LogP contribution in [0.3, 0.4) is 0 Å². The lowest BCUT2D eigenvalue weighted by Crippen LogP contribution is -2.08. The third-order valence-electron chi connectivity index (χ3n) is 3.55. The van der Waals surface area contributed by atoms with Crippen molar-refractivity contribution in [3.05, 3.63) is 64.1 Å². The van der Waals surface area contributed by atoms with E-state index in [2.05, 4.69) is 70.6 Å². The molecular formula is C17H17BrN2. The average molecular weight is 329 g/mol. The second kappa shape index (κ2) is 5.80. The summed E-state index contributed by atoms with van der Waals surface area (Å²) in [6.45, 7) is 2.09. The molecule has 102 valence electrons. The van der Waals surface area contributed by atoms with E-state index in [1.165, 1.54) is 11.1 Å². The lowest BCUT2D eigenvalue weighted by molar-refractivity contribution is 0.723. The number of aliphatic imine (C=N–C) groups is 1. The molecule has 0 aliphatic carbocycles. The van der Waals surface area contributed by atoms with Crippen molar-refractivity contribution >= 4 is 27.5 Å². The molecule has 3 rings (SSSR count). The molecule has 2 aromatic carbocycles. The van der Waals surface area contributed by atoms with Gasteiger partial charge in [-0.3, -0.25) is 4.99 Å². The molecule has 0 unspecified atom stereocenters. The van der Waals surface area contributed by atoms with Crippen LogP contribution in [0.25, 0.3) is 0 Å². The molecule has 1 aliphatic rings. The zero-order chi connectivity index (χ0) is 13.9. The Kier molecular flexibility index (Phi) is 3.88. The molecule has 1 aliphatic heterocycles. The minimum Gasteiger partial charge on any atom is -0.343 e. The summed E-state index contributed by atoms with van der Waals surface area (Å²) in [5, 5.41) is 3.44. The first-order valence-electron chi connectivity index (χ1n) is 6.87. The summed E-state index contributed by atoms with van der Waals surface area (Å²) in [4.78, 5) is 4.80. The minimum absolute atomic E-state index is 0.294. The van der Waals surface area contributed by atoms with E-state index in [4.69, 9.17) is 4.99 Å². The van der Waals surface area contributed by atoms with Gasteiger partial charge in [0.25, 0.3) is 0 Å². The van der Waals surface area contributed by atoms with E-state index in [1.54, 1.807) is 0 Å². The standard InChI is InChI=1S/C17H17BrN2/c1-12-7-8-16(14(18)11-12)20-17-10-9-15(19-17)13-5-3-2-4-6-13/h2-8,11,15H,9-10H2,1H3,(H,19,20)/t15-/m1/s1. The topological polar surface area (TPSA) is 24.4 Å². The van der Waals surface area contributed by atoms with Crippen LogP contribution in [0.5, 0.6) is 0 Å². The van der Waals surface area contributed by atoms with Crippen molar-refractivity contribution in [2.45, 2.75) is 25.8 Å². The molecule has 1 heterocycles. The van der Waals surface area contributed by atoms with Crippen LogP contribution >= 0.6 is 15.9 Å². The number of hydrogen-bond donors (Lipinski definition) is 1. The van der Waals surface area contributed by atoms with Crippen molar-refractivity contribution in [3.8, 4) is 0 Å². The van der Waals surface area contributed by atoms with Gasteiger partial charge < -0.3 is 5.32 Å². The van der Waals surface area contributed by atoms with Crippen LogP contribution in [0.15, 0.2) is 58.0 Å². The highest BCUT2D eigenvalue weighted by atomic mass is 79.9. The second-order valence-electron chi connectivity index (χ2n) is 5.15. The number of benzene rings is 2. The molecule has 1 N–H and O–H groups in total. The van der Waals surface area contributed by atoms with Gasteiger partial charge in [0.1, 0.15) is 5.84 Å². The molecular weight excluding hydrogens is 312 g/mol. The van der Waals surface area contributed by atoms with Gasteiger partial charge in [-0.15, -0.1) is 0 Å². The lowest BCUT2D eigenvalue weighted by Gasteiger charge is -2.08. The fourth-order valence-electron chi connectivity index (χ4n) is 2.48. The summed E-state index contributed by atoms with van der Waals surface area (Å²) in [6, 6.07) is 17.1. The van der Waals surface area contributed by atoms with Crippen molar-refractivity contribution in [2.24, 2.45) is 4.99 Å². The molecule has 0 fully saturated rings. The third-order valence-corrected chi connectivity index (χ3v) is 4.21. The molecule has 0 radical (unpaired) electrons. The highest BCUT2D eigenvalue weighted by Gasteiger charge is 2.19. The van der Waals surface area contributed by atoms with E-state index in [0.717, 1.165) is 28.8 Å². The summed E-state index contributed by atoms with van der Waals surface area (Å²) < 4.78 is 1.09. The molecule has 1 atom stereocenters. The van der Waals surface area contributed by atoms with Crippen LogP contribution in [-0.2, 0) is 0 Å². The maximum atomic E-state index is 4.80. The van der Waals surface area contributed by atoms with Gasteiger partial charge in [0.05, 0.1) is 11.7 Å². The van der Waals surface area contributed by atoms with Gasteiger partial charge in [0, 0.05) is 10.9 Å². The monoisotopic (exact) mass is 328 g/mol. The first-order valence-corrected chi connectivity index (χ1v) is 7.66. The number of hydrogen-bond acceptors (Lipinski definition) is 2. The van der Waals surface area contributed by atoms with Gasteiger partial charge in [0.15, 0.2) is 0 Å². The maximum Gasteiger partial charge on any atom is 0.102 e. The Balaban J connectivity index is 1.76. The van der Waals surface area contributed by atoms with E-state index in [9.17, 15) is 0 Å². The van der Waals surface area contributed by atoms with Crippen molar-refractivity contribution in [1.82, 2.24) is 0 Å². The van der Waals surface area contributed by atoms with Gasteiger partial charge in [-0.05, 0) is 52.5 Å². The van der Waals surface area contributed by atoms with Crippen LogP contribution < -0.4 is 5.32 Å². The first kappa shape index (κ1) is 13.4. The number of nitrogens with zero attached hydrogens (tertiary/aromatic N) is 1. The maximum absolute atomic E-state index is 4.80. The van der Waals surface area contributed by atoms with E-state index < -0.39 is 0 Å². The lowest BCUT2D eigenvalue weighted by atomic mass is 10.1. The fraction of sp³-hybridized carbons (Fsp3) is 0.235. The van der Waals surface area contributed by atoms with E-state index >= 15 is 0 Å². The average Bonchev–Trinajstić information content (AvgIpc) is 2.92. The fourth-order valence-corrected chi connectivity index (χ4v) is 3.07. The molecule has 20 heavy (non-hydrogen) atoms. The number of rotatable bonds is 2. The predicted octanol–water partition coefficient (Wildman–Crippen LogP) is 5.10. The summed E-state index contributed by atoms with van der Waals surface area (Å²) in [5.74, 6) is 1.07. The second-order valence-corrected chi connectivity index (χ2v) is 6.00.